The van der Waals surface area contributed by atoms with E-state index in [0.717, 1.165) is 29.7 Å². The van der Waals surface area contributed by atoms with E-state index < -0.39 is 29.3 Å². The van der Waals surface area contributed by atoms with Crippen molar-refractivity contribution in [2.45, 2.75) is 38.5 Å². The first kappa shape index (κ1) is 23.3. The summed E-state index contributed by atoms with van der Waals surface area (Å²) in [5.41, 5.74) is -0.937. The van der Waals surface area contributed by atoms with Gasteiger partial charge in [0.2, 0.25) is 0 Å². The number of nitrogens with one attached hydrogen (secondary N) is 1. The van der Waals surface area contributed by atoms with Crippen LogP contribution >= 0.6 is 0 Å². The molecule has 8 nitrogen and oxygen atoms in total. The highest BCUT2D eigenvalue weighted by molar-refractivity contribution is 5.97. The Hall–Kier alpha value is -3.89. The smallest absolute Gasteiger partial charge is 0.416 e. The number of rotatable bonds is 7. The molecule has 0 atom stereocenters. The predicted octanol–water partition coefficient (Wildman–Crippen LogP) is 3.42. The Labute approximate surface area is 192 Å². The Bertz CT molecular complexity index is 1290. The Morgan fingerprint density at radius 1 is 1.15 bits per heavy atom. The molecule has 0 aliphatic heterocycles. The first-order valence-corrected chi connectivity index (χ1v) is 10.6. The van der Waals surface area contributed by atoms with E-state index in [0.29, 0.717) is 0 Å². The second-order valence-electron chi connectivity index (χ2n) is 7.85. The number of carbonyl (C=O) groups excluding carboxylic acids is 2. The summed E-state index contributed by atoms with van der Waals surface area (Å²) in [4.78, 5) is 36.7. The number of ether oxygens (including phenoxy) is 1. The lowest BCUT2D eigenvalue weighted by Gasteiger charge is -2.09. The third kappa shape index (κ3) is 5.03. The molecule has 4 rings (SSSR count). The third-order valence-electron chi connectivity index (χ3n) is 5.23. The van der Waals surface area contributed by atoms with E-state index in [1.165, 1.54) is 35.8 Å². The molecule has 1 heterocycles. The molecule has 11 heteroatoms. The van der Waals surface area contributed by atoms with Crippen LogP contribution < -0.4 is 15.7 Å². The lowest BCUT2D eigenvalue weighted by atomic mass is 10.1. The molecule has 1 aliphatic carbocycles. The van der Waals surface area contributed by atoms with Gasteiger partial charge in [-0.1, -0.05) is 24.3 Å². The number of benzene rings is 2. The average molecular weight is 474 g/mol. The van der Waals surface area contributed by atoms with Gasteiger partial charge in [0.1, 0.15) is 5.75 Å². The summed E-state index contributed by atoms with van der Waals surface area (Å²) in [5, 5.41) is 6.91. The highest BCUT2D eigenvalue weighted by atomic mass is 19.4. The Morgan fingerprint density at radius 3 is 2.56 bits per heavy atom. The lowest BCUT2D eigenvalue weighted by Crippen LogP contribution is -2.32. The molecule has 0 unspecified atom stereocenters. The van der Waals surface area contributed by atoms with Crippen molar-refractivity contribution in [3.05, 3.63) is 70.1 Å². The topological polar surface area (TPSA) is 95.2 Å². The highest BCUT2D eigenvalue weighted by Crippen LogP contribution is 2.37. The van der Waals surface area contributed by atoms with E-state index in [9.17, 15) is 27.6 Å². The molecule has 1 N–H and O–H groups in total. The van der Waals surface area contributed by atoms with Gasteiger partial charge in [-0.3, -0.25) is 14.2 Å². The van der Waals surface area contributed by atoms with E-state index in [1.54, 1.807) is 12.1 Å². The zero-order chi connectivity index (χ0) is 24.5. The van der Waals surface area contributed by atoms with Gasteiger partial charge in [0, 0.05) is 25.1 Å². The summed E-state index contributed by atoms with van der Waals surface area (Å²) in [5.74, 6) is -0.816. The van der Waals surface area contributed by atoms with Crippen LogP contribution in [0.25, 0.3) is 11.4 Å². The number of carbonyl (C=O) groups is 2. The number of nitrogens with zero attached hydrogens (tertiary/aromatic N) is 3. The summed E-state index contributed by atoms with van der Waals surface area (Å²) in [7, 11) is 0. The molecule has 0 saturated heterocycles. The van der Waals surface area contributed by atoms with Crippen molar-refractivity contribution in [2.75, 3.05) is 6.54 Å². The Balaban J connectivity index is 1.53. The molecular formula is C23H21F3N4O4. The Kier molecular flexibility index (Phi) is 6.27. The van der Waals surface area contributed by atoms with Gasteiger partial charge in [0.25, 0.3) is 5.91 Å². The van der Waals surface area contributed by atoms with E-state index in [4.69, 9.17) is 4.74 Å². The second-order valence-corrected chi connectivity index (χ2v) is 7.85. The van der Waals surface area contributed by atoms with Crippen LogP contribution in [0, 0.1) is 0 Å². The van der Waals surface area contributed by atoms with E-state index in [1.807, 2.05) is 0 Å². The monoisotopic (exact) mass is 474 g/mol. The number of amides is 1. The molecule has 1 amide bonds. The fraction of sp³-hybridized carbons (Fsp3) is 0.304. The van der Waals surface area contributed by atoms with Gasteiger partial charge in [-0.25, -0.2) is 9.48 Å². The zero-order valence-corrected chi connectivity index (χ0v) is 18.1. The van der Waals surface area contributed by atoms with Crippen LogP contribution in [0.15, 0.2) is 53.3 Å². The highest BCUT2D eigenvalue weighted by Gasteiger charge is 2.33. The number of aromatic nitrogens is 3. The average Bonchev–Trinajstić information content (AvgIpc) is 3.57. The van der Waals surface area contributed by atoms with Crippen LogP contribution in [0.3, 0.4) is 0 Å². The van der Waals surface area contributed by atoms with Crippen LogP contribution in [0.1, 0.15) is 41.7 Å². The minimum atomic E-state index is -4.52. The number of halogens is 3. The molecule has 0 radical (unpaired) electrons. The fourth-order valence-corrected chi connectivity index (χ4v) is 3.53. The largest absolute Gasteiger partial charge is 0.426 e. The van der Waals surface area contributed by atoms with Gasteiger partial charge in [0.05, 0.1) is 17.7 Å². The fourth-order valence-electron chi connectivity index (χ4n) is 3.53. The maximum absolute atomic E-state index is 13.2. The molecule has 1 saturated carbocycles. The molecule has 0 bridgehead atoms. The standard InChI is InChI=1S/C23H21F3N4O4/c1-14(31)34-19-8-3-2-7-18(19)21(32)27-11-12-29-22(33)30(17-9-10-17)20(28-29)15-5-4-6-16(13-15)23(24,25)26/h2-8,13,17H,9-12H2,1H3,(H,27,32). The van der Waals surface area contributed by atoms with Crippen molar-refractivity contribution in [3.8, 4) is 17.1 Å². The van der Waals surface area contributed by atoms with Gasteiger partial charge >= 0.3 is 17.8 Å². The quantitative estimate of drug-likeness (QED) is 0.418. The summed E-state index contributed by atoms with van der Waals surface area (Å²) < 4.78 is 47.0. The lowest BCUT2D eigenvalue weighted by molar-refractivity contribution is -0.137. The van der Waals surface area contributed by atoms with Crippen LogP contribution in [-0.4, -0.2) is 32.8 Å². The summed E-state index contributed by atoms with van der Waals surface area (Å²) in [6.45, 7) is 1.25. The molecule has 1 fully saturated rings. The van der Waals surface area contributed by atoms with Crippen molar-refractivity contribution in [2.24, 2.45) is 0 Å². The maximum Gasteiger partial charge on any atom is 0.416 e. The summed E-state index contributed by atoms with van der Waals surface area (Å²) >= 11 is 0. The van der Waals surface area contributed by atoms with Gasteiger partial charge < -0.3 is 10.1 Å². The van der Waals surface area contributed by atoms with Crippen LogP contribution in [-0.2, 0) is 17.5 Å². The maximum atomic E-state index is 13.2. The van der Waals surface area contributed by atoms with Gasteiger partial charge in [0.15, 0.2) is 5.82 Å². The number of alkyl halides is 3. The summed E-state index contributed by atoms with van der Waals surface area (Å²) in [6, 6.07) is 10.8. The van der Waals surface area contributed by atoms with Crippen LogP contribution in [0.4, 0.5) is 13.2 Å². The number of hydrogen-bond acceptors (Lipinski definition) is 5. The Morgan fingerprint density at radius 2 is 1.88 bits per heavy atom. The number of hydrogen-bond donors (Lipinski definition) is 1. The van der Waals surface area contributed by atoms with Crippen molar-refractivity contribution < 1.29 is 27.5 Å². The minimum Gasteiger partial charge on any atom is -0.426 e. The molecular weight excluding hydrogens is 453 g/mol. The first-order chi connectivity index (χ1) is 16.1. The van der Waals surface area contributed by atoms with Crippen LogP contribution in [0.5, 0.6) is 5.75 Å². The third-order valence-corrected chi connectivity index (χ3v) is 5.23. The summed E-state index contributed by atoms with van der Waals surface area (Å²) in [6.07, 6.45) is -3.04. The minimum absolute atomic E-state index is 0.00594. The van der Waals surface area contributed by atoms with E-state index in [2.05, 4.69) is 10.4 Å². The van der Waals surface area contributed by atoms with Crippen molar-refractivity contribution in [3.63, 3.8) is 0 Å². The molecule has 34 heavy (non-hydrogen) atoms. The van der Waals surface area contributed by atoms with Gasteiger partial charge in [-0.15, -0.1) is 5.10 Å². The van der Waals surface area contributed by atoms with Crippen molar-refractivity contribution in [1.82, 2.24) is 19.7 Å². The molecule has 3 aromatic rings. The van der Waals surface area contributed by atoms with E-state index in [-0.39, 0.29) is 41.8 Å². The van der Waals surface area contributed by atoms with Gasteiger partial charge in [-0.2, -0.15) is 13.2 Å². The normalized spacial score (nSPS) is 13.5. The number of para-hydroxylation sites is 1. The molecule has 178 valence electrons. The predicted molar refractivity (Wildman–Crippen MR) is 115 cm³/mol. The molecule has 1 aliphatic rings. The SMILES string of the molecule is CC(=O)Oc1ccccc1C(=O)NCCn1nc(-c2cccc(C(F)(F)F)c2)n(C2CC2)c1=O. The van der Waals surface area contributed by atoms with Gasteiger partial charge in [-0.05, 0) is 37.1 Å². The zero-order valence-electron chi connectivity index (χ0n) is 18.1. The van der Waals surface area contributed by atoms with Crippen molar-refractivity contribution >= 4 is 11.9 Å². The molecule has 1 aromatic heterocycles. The molecule has 2 aromatic carbocycles. The van der Waals surface area contributed by atoms with Crippen LogP contribution in [0.2, 0.25) is 0 Å². The second kappa shape index (κ2) is 9.16. The first-order valence-electron chi connectivity index (χ1n) is 10.6. The van der Waals surface area contributed by atoms with Crippen molar-refractivity contribution in [1.29, 1.82) is 0 Å². The molecule has 0 spiro atoms. The number of esters is 1. The van der Waals surface area contributed by atoms with E-state index >= 15 is 0 Å².